The summed E-state index contributed by atoms with van der Waals surface area (Å²) in [4.78, 5) is 0. The molecular formula is C48H29BrN2S. The SMILES string of the molecule is Brc1cc(-c2ccc3c(c2)c2ccccc2n3-c2ccccc2)cc(-c2ccc3c(c2)c2ccccc2n3-c2ccc3sc4ccccc4c3c2)c1. The van der Waals surface area contributed by atoms with Gasteiger partial charge in [0, 0.05) is 57.6 Å². The second-order valence-electron chi connectivity index (χ2n) is 13.5. The Kier molecular flexibility index (Phi) is 6.60. The Morgan fingerprint density at radius 2 is 0.846 bits per heavy atom. The van der Waals surface area contributed by atoms with Gasteiger partial charge in [0.25, 0.3) is 0 Å². The molecule has 8 aromatic carbocycles. The number of hydrogen-bond donors (Lipinski definition) is 0. The van der Waals surface area contributed by atoms with E-state index in [2.05, 4.69) is 201 Å². The highest BCUT2D eigenvalue weighted by atomic mass is 79.9. The van der Waals surface area contributed by atoms with E-state index in [1.807, 2.05) is 11.3 Å². The molecule has 0 radical (unpaired) electrons. The van der Waals surface area contributed by atoms with Crippen molar-refractivity contribution in [3.8, 4) is 33.6 Å². The van der Waals surface area contributed by atoms with E-state index in [1.165, 1.54) is 97.4 Å². The van der Waals surface area contributed by atoms with Crippen LogP contribution in [0.4, 0.5) is 0 Å². The molecule has 3 aromatic heterocycles. The van der Waals surface area contributed by atoms with Gasteiger partial charge in [-0.05, 0) is 113 Å². The van der Waals surface area contributed by atoms with Crippen LogP contribution in [0.1, 0.15) is 0 Å². The van der Waals surface area contributed by atoms with Gasteiger partial charge in [0.1, 0.15) is 0 Å². The highest BCUT2D eigenvalue weighted by Crippen LogP contribution is 2.41. The number of aromatic nitrogens is 2. The summed E-state index contributed by atoms with van der Waals surface area (Å²) in [6.45, 7) is 0. The van der Waals surface area contributed by atoms with E-state index in [4.69, 9.17) is 0 Å². The topological polar surface area (TPSA) is 9.86 Å². The lowest BCUT2D eigenvalue weighted by molar-refractivity contribution is 1.18. The molecule has 0 aliphatic carbocycles. The first-order chi connectivity index (χ1) is 25.7. The third-order valence-electron chi connectivity index (χ3n) is 10.5. The lowest BCUT2D eigenvalue weighted by atomic mass is 9.97. The predicted octanol–water partition coefficient (Wildman–Crippen LogP) is 14.3. The van der Waals surface area contributed by atoms with E-state index in [0.717, 1.165) is 4.47 Å². The first kappa shape index (κ1) is 29.8. The van der Waals surface area contributed by atoms with Crippen molar-refractivity contribution in [1.29, 1.82) is 0 Å². The van der Waals surface area contributed by atoms with Crippen molar-refractivity contribution in [2.75, 3.05) is 0 Å². The van der Waals surface area contributed by atoms with Crippen LogP contribution in [-0.2, 0) is 0 Å². The Bertz CT molecular complexity index is 3200. The standard InChI is InChI=1S/C48H29BrN2S/c49-34-25-32(30-18-21-45-40(27-30)37-12-4-7-15-43(37)50(45)35-10-2-1-3-11-35)24-33(26-34)31-19-22-46-41(28-31)38-13-5-8-16-44(38)51(46)36-20-23-48-42(29-36)39-14-6-9-17-47(39)52-48/h1-29H. The Labute approximate surface area is 312 Å². The zero-order valence-corrected chi connectivity index (χ0v) is 30.3. The number of nitrogens with zero attached hydrogens (tertiary/aromatic N) is 2. The summed E-state index contributed by atoms with van der Waals surface area (Å²) in [5, 5.41) is 7.64. The number of rotatable bonds is 4. The van der Waals surface area contributed by atoms with Gasteiger partial charge < -0.3 is 9.13 Å². The maximum atomic E-state index is 3.88. The van der Waals surface area contributed by atoms with Crippen molar-refractivity contribution in [1.82, 2.24) is 9.13 Å². The Morgan fingerprint density at radius 3 is 1.50 bits per heavy atom. The number of benzene rings is 8. The molecule has 0 aliphatic heterocycles. The fourth-order valence-corrected chi connectivity index (χ4v) is 9.79. The van der Waals surface area contributed by atoms with Crippen LogP contribution in [0, 0.1) is 0 Å². The zero-order valence-electron chi connectivity index (χ0n) is 27.9. The Hall–Kier alpha value is -5.94. The van der Waals surface area contributed by atoms with Crippen molar-refractivity contribution in [3.63, 3.8) is 0 Å². The molecule has 3 heterocycles. The minimum atomic E-state index is 1.06. The molecule has 52 heavy (non-hydrogen) atoms. The summed E-state index contributed by atoms with van der Waals surface area (Å²) in [7, 11) is 0. The number of fused-ring (bicyclic) bond motifs is 9. The number of hydrogen-bond acceptors (Lipinski definition) is 1. The molecule has 0 N–H and O–H groups in total. The van der Waals surface area contributed by atoms with Crippen LogP contribution in [0.2, 0.25) is 0 Å². The lowest BCUT2D eigenvalue weighted by Gasteiger charge is -2.11. The second-order valence-corrected chi connectivity index (χ2v) is 15.5. The Morgan fingerprint density at radius 1 is 0.327 bits per heavy atom. The van der Waals surface area contributed by atoms with Gasteiger partial charge in [-0.15, -0.1) is 11.3 Å². The molecule has 11 aromatic rings. The predicted molar refractivity (Wildman–Crippen MR) is 227 cm³/mol. The molecule has 4 heteroatoms. The summed E-state index contributed by atoms with van der Waals surface area (Å²) >= 11 is 5.74. The number of halogens is 1. The molecule has 0 aliphatic rings. The highest BCUT2D eigenvalue weighted by molar-refractivity contribution is 9.10. The average Bonchev–Trinajstić information content (AvgIpc) is 3.85. The molecule has 0 spiro atoms. The quantitative estimate of drug-likeness (QED) is 0.170. The normalized spacial score (nSPS) is 11.9. The molecule has 0 bridgehead atoms. The van der Waals surface area contributed by atoms with E-state index in [0.29, 0.717) is 0 Å². The van der Waals surface area contributed by atoms with Gasteiger partial charge in [0.15, 0.2) is 0 Å². The molecule has 2 nitrogen and oxygen atoms in total. The molecule has 11 rings (SSSR count). The Balaban J connectivity index is 1.05. The molecular weight excluding hydrogens is 717 g/mol. The van der Waals surface area contributed by atoms with E-state index in [1.54, 1.807) is 0 Å². The molecule has 244 valence electrons. The van der Waals surface area contributed by atoms with E-state index in [9.17, 15) is 0 Å². The van der Waals surface area contributed by atoms with Crippen molar-refractivity contribution in [3.05, 3.63) is 180 Å². The van der Waals surface area contributed by atoms with Crippen LogP contribution in [-0.4, -0.2) is 9.13 Å². The van der Waals surface area contributed by atoms with Crippen molar-refractivity contribution in [2.45, 2.75) is 0 Å². The smallest absolute Gasteiger partial charge is 0.0541 e. The van der Waals surface area contributed by atoms with Crippen LogP contribution in [0.25, 0.3) is 97.4 Å². The molecule has 0 amide bonds. The fraction of sp³-hybridized carbons (Fsp3) is 0. The lowest BCUT2D eigenvalue weighted by Crippen LogP contribution is -1.93. The highest BCUT2D eigenvalue weighted by Gasteiger charge is 2.17. The van der Waals surface area contributed by atoms with Gasteiger partial charge in [-0.25, -0.2) is 0 Å². The van der Waals surface area contributed by atoms with Gasteiger partial charge in [0.2, 0.25) is 0 Å². The summed E-state index contributed by atoms with van der Waals surface area (Å²) < 4.78 is 8.50. The summed E-state index contributed by atoms with van der Waals surface area (Å²) in [6, 6.07) is 64.4. The van der Waals surface area contributed by atoms with Crippen LogP contribution in [0.3, 0.4) is 0 Å². The molecule has 0 saturated heterocycles. The number of para-hydroxylation sites is 3. The van der Waals surface area contributed by atoms with E-state index >= 15 is 0 Å². The third kappa shape index (κ3) is 4.55. The largest absolute Gasteiger partial charge is 0.309 e. The van der Waals surface area contributed by atoms with E-state index < -0.39 is 0 Å². The third-order valence-corrected chi connectivity index (χ3v) is 12.2. The van der Waals surface area contributed by atoms with Crippen molar-refractivity contribution >= 4 is 91.1 Å². The summed E-state index contributed by atoms with van der Waals surface area (Å²) in [5.41, 5.74) is 12.0. The maximum Gasteiger partial charge on any atom is 0.0541 e. The van der Waals surface area contributed by atoms with Gasteiger partial charge >= 0.3 is 0 Å². The van der Waals surface area contributed by atoms with Crippen LogP contribution in [0.5, 0.6) is 0 Å². The summed E-state index contributed by atoms with van der Waals surface area (Å²) in [5.74, 6) is 0. The average molecular weight is 746 g/mol. The first-order valence-corrected chi connectivity index (χ1v) is 19.1. The minimum absolute atomic E-state index is 1.06. The molecule has 0 fully saturated rings. The monoisotopic (exact) mass is 744 g/mol. The van der Waals surface area contributed by atoms with Gasteiger partial charge in [-0.1, -0.05) is 101 Å². The van der Waals surface area contributed by atoms with Crippen LogP contribution < -0.4 is 0 Å². The van der Waals surface area contributed by atoms with Crippen molar-refractivity contribution < 1.29 is 0 Å². The maximum absolute atomic E-state index is 3.88. The van der Waals surface area contributed by atoms with Crippen LogP contribution in [0.15, 0.2) is 180 Å². The van der Waals surface area contributed by atoms with Gasteiger partial charge in [-0.3, -0.25) is 0 Å². The van der Waals surface area contributed by atoms with Crippen molar-refractivity contribution in [2.24, 2.45) is 0 Å². The van der Waals surface area contributed by atoms with Crippen LogP contribution >= 0.6 is 27.3 Å². The summed E-state index contributed by atoms with van der Waals surface area (Å²) in [6.07, 6.45) is 0. The van der Waals surface area contributed by atoms with E-state index in [-0.39, 0.29) is 0 Å². The molecule has 0 unspecified atom stereocenters. The first-order valence-electron chi connectivity index (χ1n) is 17.5. The zero-order chi connectivity index (χ0) is 34.3. The van der Waals surface area contributed by atoms with Gasteiger partial charge in [-0.2, -0.15) is 0 Å². The second kappa shape index (κ2) is 11.5. The minimum Gasteiger partial charge on any atom is -0.309 e. The molecule has 0 saturated carbocycles. The van der Waals surface area contributed by atoms with Gasteiger partial charge in [0.05, 0.1) is 22.1 Å². The fourth-order valence-electron chi connectivity index (χ4n) is 8.21. The molecule has 0 atom stereocenters. The number of thiophene rings is 1.